The van der Waals surface area contributed by atoms with Crippen LogP contribution in [0.5, 0.6) is 11.5 Å². The molecule has 0 spiro atoms. The Morgan fingerprint density at radius 2 is 1.42 bits per heavy atom. The summed E-state index contributed by atoms with van der Waals surface area (Å²) in [6.07, 6.45) is 0.739. The van der Waals surface area contributed by atoms with Gasteiger partial charge in [-0.25, -0.2) is 10.2 Å². The Bertz CT molecular complexity index is 714. The van der Waals surface area contributed by atoms with Crippen molar-refractivity contribution < 1.29 is 23.8 Å². The van der Waals surface area contributed by atoms with E-state index in [2.05, 4.69) is 10.9 Å². The highest BCUT2D eigenvalue weighted by atomic mass is 16.6. The number of ether oxygens (including phenoxy) is 3. The first-order valence-corrected chi connectivity index (χ1v) is 8.12. The van der Waals surface area contributed by atoms with Crippen molar-refractivity contribution in [1.29, 1.82) is 0 Å². The van der Waals surface area contributed by atoms with Crippen LogP contribution in [-0.2, 0) is 11.2 Å². The summed E-state index contributed by atoms with van der Waals surface area (Å²) in [5.41, 5.74) is 6.03. The van der Waals surface area contributed by atoms with Gasteiger partial charge in [0.2, 0.25) is 0 Å². The lowest BCUT2D eigenvalue weighted by Gasteiger charge is -2.09. The summed E-state index contributed by atoms with van der Waals surface area (Å²) in [6, 6.07) is 14.2. The summed E-state index contributed by atoms with van der Waals surface area (Å²) in [5, 5.41) is 0. The second kappa shape index (κ2) is 9.93. The van der Waals surface area contributed by atoms with E-state index in [4.69, 9.17) is 14.2 Å². The third-order valence-corrected chi connectivity index (χ3v) is 3.63. The molecule has 26 heavy (non-hydrogen) atoms. The predicted octanol–water partition coefficient (Wildman–Crippen LogP) is 2.71. The number of nitrogens with one attached hydrogen (secondary N) is 2. The minimum absolute atomic E-state index is 0.246. The molecule has 0 aliphatic rings. The highest BCUT2D eigenvalue weighted by molar-refractivity contribution is 5.95. The van der Waals surface area contributed by atoms with Crippen molar-refractivity contribution in [2.75, 3.05) is 20.8 Å². The van der Waals surface area contributed by atoms with Crippen molar-refractivity contribution in [3.8, 4) is 11.5 Å². The minimum Gasteiger partial charge on any atom is -0.497 e. The van der Waals surface area contributed by atoms with Crippen LogP contribution in [0, 0.1) is 0 Å². The number of hydrazine groups is 1. The number of rotatable bonds is 7. The Kier molecular flexibility index (Phi) is 7.30. The molecule has 0 heterocycles. The first kappa shape index (κ1) is 19.1. The fourth-order valence-corrected chi connectivity index (χ4v) is 2.19. The Morgan fingerprint density at radius 3 is 2.00 bits per heavy atom. The molecule has 2 rings (SSSR count). The van der Waals surface area contributed by atoms with Crippen LogP contribution in [0.1, 0.15) is 22.3 Å². The van der Waals surface area contributed by atoms with E-state index in [-0.39, 0.29) is 6.61 Å². The number of amides is 2. The second-order valence-corrected chi connectivity index (χ2v) is 5.40. The second-order valence-electron chi connectivity index (χ2n) is 5.40. The molecule has 0 bridgehead atoms. The Morgan fingerprint density at radius 1 is 0.846 bits per heavy atom. The molecule has 0 saturated carbocycles. The monoisotopic (exact) mass is 358 g/mol. The van der Waals surface area contributed by atoms with Crippen LogP contribution in [0.3, 0.4) is 0 Å². The lowest BCUT2D eigenvalue weighted by Crippen LogP contribution is -2.42. The molecule has 0 atom stereocenters. The van der Waals surface area contributed by atoms with E-state index >= 15 is 0 Å². The fourth-order valence-electron chi connectivity index (χ4n) is 2.19. The number of methoxy groups -OCH3 is 2. The van der Waals surface area contributed by atoms with Crippen molar-refractivity contribution >= 4 is 12.0 Å². The number of hydrogen-bond acceptors (Lipinski definition) is 5. The quantitative estimate of drug-likeness (QED) is 0.587. The maximum absolute atomic E-state index is 11.9. The maximum atomic E-state index is 11.9. The predicted molar refractivity (Wildman–Crippen MR) is 96.3 cm³/mol. The van der Waals surface area contributed by atoms with Gasteiger partial charge in [-0.05, 0) is 54.8 Å². The zero-order chi connectivity index (χ0) is 18.8. The molecule has 2 aromatic rings. The topological polar surface area (TPSA) is 85.9 Å². The lowest BCUT2D eigenvalue weighted by molar-refractivity contribution is 0.0909. The number of carbonyl (C=O) groups excluding carboxylic acids is 2. The van der Waals surface area contributed by atoms with Gasteiger partial charge in [-0.2, -0.15) is 0 Å². The van der Waals surface area contributed by atoms with Crippen LogP contribution >= 0.6 is 0 Å². The Hall–Kier alpha value is -3.22. The molecule has 0 aliphatic carbocycles. The zero-order valence-electron chi connectivity index (χ0n) is 14.8. The van der Waals surface area contributed by atoms with Crippen LogP contribution in [0.25, 0.3) is 0 Å². The first-order chi connectivity index (χ1) is 12.6. The lowest BCUT2D eigenvalue weighted by atomic mass is 10.1. The third kappa shape index (κ3) is 6.01. The minimum atomic E-state index is -0.707. The summed E-state index contributed by atoms with van der Waals surface area (Å²) in [6.45, 7) is 0.246. The first-order valence-electron chi connectivity index (χ1n) is 8.12. The molecule has 0 saturated heterocycles. The van der Waals surface area contributed by atoms with Crippen LogP contribution < -0.4 is 20.3 Å². The van der Waals surface area contributed by atoms with Crippen LogP contribution in [0.15, 0.2) is 48.5 Å². The third-order valence-electron chi connectivity index (χ3n) is 3.63. The molecule has 2 aromatic carbocycles. The van der Waals surface area contributed by atoms with E-state index in [0.717, 1.165) is 17.7 Å². The van der Waals surface area contributed by atoms with Gasteiger partial charge >= 0.3 is 6.09 Å². The summed E-state index contributed by atoms with van der Waals surface area (Å²) < 4.78 is 15.1. The van der Waals surface area contributed by atoms with Gasteiger partial charge in [0.15, 0.2) is 0 Å². The number of carbonyl (C=O) groups is 2. The van der Waals surface area contributed by atoms with E-state index in [1.165, 1.54) is 0 Å². The van der Waals surface area contributed by atoms with Crippen molar-refractivity contribution in [2.24, 2.45) is 0 Å². The van der Waals surface area contributed by atoms with Crippen LogP contribution in [-0.4, -0.2) is 32.8 Å². The largest absolute Gasteiger partial charge is 0.497 e. The number of benzene rings is 2. The molecule has 0 unspecified atom stereocenters. The van der Waals surface area contributed by atoms with Crippen molar-refractivity contribution in [3.63, 3.8) is 0 Å². The summed E-state index contributed by atoms with van der Waals surface area (Å²) in [7, 11) is 3.16. The van der Waals surface area contributed by atoms with Gasteiger partial charge in [-0.3, -0.25) is 10.2 Å². The molecule has 0 aliphatic heterocycles. The van der Waals surface area contributed by atoms with Crippen molar-refractivity contribution in [2.45, 2.75) is 12.8 Å². The fraction of sp³-hybridized carbons (Fsp3) is 0.263. The molecule has 7 nitrogen and oxygen atoms in total. The molecular weight excluding hydrogens is 336 g/mol. The maximum Gasteiger partial charge on any atom is 0.426 e. The van der Waals surface area contributed by atoms with Gasteiger partial charge in [-0.1, -0.05) is 12.1 Å². The molecule has 0 aromatic heterocycles. The molecule has 0 fully saturated rings. The van der Waals surface area contributed by atoms with Gasteiger partial charge in [-0.15, -0.1) is 0 Å². The van der Waals surface area contributed by atoms with Gasteiger partial charge in [0.1, 0.15) is 11.5 Å². The number of hydrogen-bond donors (Lipinski definition) is 2. The molecule has 2 amide bonds. The van der Waals surface area contributed by atoms with Gasteiger partial charge in [0.05, 0.1) is 20.8 Å². The van der Waals surface area contributed by atoms with E-state index in [1.54, 1.807) is 38.5 Å². The van der Waals surface area contributed by atoms with Crippen LogP contribution in [0.2, 0.25) is 0 Å². The normalized spacial score (nSPS) is 9.92. The summed E-state index contributed by atoms with van der Waals surface area (Å²) >= 11 is 0. The van der Waals surface area contributed by atoms with E-state index in [1.807, 2.05) is 24.3 Å². The highest BCUT2D eigenvalue weighted by Crippen LogP contribution is 2.12. The average Bonchev–Trinajstić information content (AvgIpc) is 2.70. The van der Waals surface area contributed by atoms with Crippen LogP contribution in [0.4, 0.5) is 4.79 Å². The van der Waals surface area contributed by atoms with Gasteiger partial charge in [0, 0.05) is 5.56 Å². The Labute approximate surface area is 152 Å². The highest BCUT2D eigenvalue weighted by Gasteiger charge is 2.08. The zero-order valence-corrected chi connectivity index (χ0v) is 14.8. The molecule has 0 radical (unpaired) electrons. The standard InChI is InChI=1S/C19H22N2O5/c1-24-16-9-5-14(6-10-16)4-3-13-26-19(23)21-20-18(22)15-7-11-17(25-2)12-8-15/h5-12H,3-4,13H2,1-2H3,(H,20,22)(H,21,23). The summed E-state index contributed by atoms with van der Waals surface area (Å²) in [5.74, 6) is 1.01. The summed E-state index contributed by atoms with van der Waals surface area (Å²) in [4.78, 5) is 23.5. The molecule has 2 N–H and O–H groups in total. The smallest absolute Gasteiger partial charge is 0.426 e. The van der Waals surface area contributed by atoms with Gasteiger partial charge in [0.25, 0.3) is 5.91 Å². The Balaban J connectivity index is 1.64. The van der Waals surface area contributed by atoms with Gasteiger partial charge < -0.3 is 14.2 Å². The van der Waals surface area contributed by atoms with Crippen molar-refractivity contribution in [1.82, 2.24) is 10.9 Å². The molecular formula is C19H22N2O5. The average molecular weight is 358 g/mol. The number of aryl methyl sites for hydroxylation is 1. The molecule has 138 valence electrons. The van der Waals surface area contributed by atoms with E-state index < -0.39 is 12.0 Å². The van der Waals surface area contributed by atoms with E-state index in [9.17, 15) is 9.59 Å². The van der Waals surface area contributed by atoms with Crippen molar-refractivity contribution in [3.05, 3.63) is 59.7 Å². The SMILES string of the molecule is COc1ccc(CCCOC(=O)NNC(=O)c2ccc(OC)cc2)cc1. The molecule has 7 heteroatoms. The van der Waals surface area contributed by atoms with E-state index in [0.29, 0.717) is 17.7 Å².